The van der Waals surface area contributed by atoms with Crippen LogP contribution in [0, 0.1) is 0 Å². The number of aliphatic hydroxyl groups excluding tert-OH is 1. The molecule has 1 aromatic rings. The van der Waals surface area contributed by atoms with Gasteiger partial charge in [-0.15, -0.1) is 0 Å². The van der Waals surface area contributed by atoms with Crippen molar-refractivity contribution < 1.29 is 13.5 Å². The molecule has 0 atom stereocenters. The monoisotopic (exact) mass is 311 g/mol. The lowest BCUT2D eigenvalue weighted by atomic mass is 9.95. The molecule has 0 heterocycles. The summed E-state index contributed by atoms with van der Waals surface area (Å²) in [7, 11) is -3.27. The topological polar surface area (TPSA) is 57.6 Å². The molecule has 1 N–H and O–H groups in total. The molecule has 1 aromatic carbocycles. The normalized spacial score (nSPS) is 17.3. The van der Waals surface area contributed by atoms with Crippen LogP contribution in [0.1, 0.15) is 50.2 Å². The Bertz CT molecular complexity index is 533. The highest BCUT2D eigenvalue weighted by molar-refractivity contribution is 7.88. The highest BCUT2D eigenvalue weighted by atomic mass is 32.2. The van der Waals surface area contributed by atoms with Crippen LogP contribution in [0.3, 0.4) is 0 Å². The Balaban J connectivity index is 2.10. The summed E-state index contributed by atoms with van der Waals surface area (Å²) in [5.74, 6) is 0.0447. The smallest absolute Gasteiger partial charge is 0.218 e. The minimum absolute atomic E-state index is 0.0177. The minimum Gasteiger partial charge on any atom is -0.392 e. The van der Waals surface area contributed by atoms with Gasteiger partial charge >= 0.3 is 0 Å². The molecule has 21 heavy (non-hydrogen) atoms. The predicted octanol–water partition coefficient (Wildman–Crippen LogP) is 2.66. The van der Waals surface area contributed by atoms with E-state index in [1.807, 2.05) is 6.92 Å². The number of benzene rings is 1. The zero-order chi connectivity index (χ0) is 15.3. The molecule has 4 nitrogen and oxygen atoms in total. The Morgan fingerprint density at radius 3 is 2.19 bits per heavy atom. The zero-order valence-electron chi connectivity index (χ0n) is 12.7. The van der Waals surface area contributed by atoms with Crippen LogP contribution < -0.4 is 0 Å². The number of sulfonamides is 1. The third kappa shape index (κ3) is 4.28. The molecular formula is C16H25NO3S. The highest BCUT2D eigenvalue weighted by Gasteiger charge is 2.29. The fraction of sp³-hybridized carbons (Fsp3) is 0.625. The Kier molecular flexibility index (Phi) is 5.79. The third-order valence-corrected chi connectivity index (χ3v) is 6.17. The van der Waals surface area contributed by atoms with Crippen molar-refractivity contribution in [3.8, 4) is 0 Å². The molecule has 1 aliphatic carbocycles. The first kappa shape index (κ1) is 16.5. The summed E-state index contributed by atoms with van der Waals surface area (Å²) in [5, 5.41) is 9.03. The lowest BCUT2D eigenvalue weighted by Gasteiger charge is -2.32. The van der Waals surface area contributed by atoms with Gasteiger partial charge in [0.25, 0.3) is 0 Å². The number of nitrogens with zero attached hydrogens (tertiary/aromatic N) is 1. The van der Waals surface area contributed by atoms with Crippen LogP contribution in [0.25, 0.3) is 0 Å². The van der Waals surface area contributed by atoms with Crippen molar-refractivity contribution in [1.29, 1.82) is 0 Å². The molecule has 5 heteroatoms. The summed E-state index contributed by atoms with van der Waals surface area (Å²) < 4.78 is 27.0. The van der Waals surface area contributed by atoms with Crippen LogP contribution in [-0.2, 0) is 22.4 Å². The van der Waals surface area contributed by atoms with Crippen molar-refractivity contribution in [2.75, 3.05) is 6.54 Å². The number of hydrogen-bond donors (Lipinski definition) is 1. The highest BCUT2D eigenvalue weighted by Crippen LogP contribution is 2.26. The van der Waals surface area contributed by atoms with Gasteiger partial charge in [0.2, 0.25) is 10.0 Å². The molecule has 118 valence electrons. The van der Waals surface area contributed by atoms with E-state index in [-0.39, 0.29) is 18.4 Å². The van der Waals surface area contributed by atoms with Crippen LogP contribution in [0.4, 0.5) is 0 Å². The standard InChI is InChI=1S/C16H25NO3S/c1-2-17(16-6-4-3-5-7-16)21(19,20)13-15-10-8-14(12-18)9-11-15/h8-11,16,18H,2-7,12-13H2,1H3. The van der Waals surface area contributed by atoms with Crippen LogP contribution in [0.5, 0.6) is 0 Å². The molecule has 0 saturated heterocycles. The van der Waals surface area contributed by atoms with Crippen molar-refractivity contribution in [3.63, 3.8) is 0 Å². The maximum Gasteiger partial charge on any atom is 0.218 e. The summed E-state index contributed by atoms with van der Waals surface area (Å²) in [6.07, 6.45) is 5.44. The van der Waals surface area contributed by atoms with Crippen LogP contribution >= 0.6 is 0 Å². The maximum atomic E-state index is 12.7. The Morgan fingerprint density at radius 1 is 1.10 bits per heavy atom. The number of rotatable bonds is 6. The van der Waals surface area contributed by atoms with Crippen LogP contribution in [0.2, 0.25) is 0 Å². The molecule has 0 bridgehead atoms. The Morgan fingerprint density at radius 2 is 1.67 bits per heavy atom. The van der Waals surface area contributed by atoms with E-state index in [2.05, 4.69) is 0 Å². The zero-order valence-corrected chi connectivity index (χ0v) is 13.5. The molecule has 0 radical (unpaired) electrons. The summed E-state index contributed by atoms with van der Waals surface area (Å²) in [6, 6.07) is 7.31. The average molecular weight is 311 g/mol. The van der Waals surface area contributed by atoms with Gasteiger partial charge < -0.3 is 5.11 Å². The molecule has 1 saturated carbocycles. The van der Waals surface area contributed by atoms with Gasteiger partial charge in [-0.25, -0.2) is 8.42 Å². The summed E-state index contributed by atoms with van der Waals surface area (Å²) in [4.78, 5) is 0. The largest absolute Gasteiger partial charge is 0.392 e. The van der Waals surface area contributed by atoms with Gasteiger partial charge in [0.1, 0.15) is 0 Å². The molecule has 1 aliphatic rings. The first-order valence-corrected chi connectivity index (χ1v) is 9.36. The van der Waals surface area contributed by atoms with Crippen LogP contribution in [-0.4, -0.2) is 30.4 Å². The van der Waals surface area contributed by atoms with Crippen molar-refractivity contribution >= 4 is 10.0 Å². The molecule has 0 amide bonds. The molecule has 0 unspecified atom stereocenters. The van der Waals surface area contributed by atoms with E-state index in [0.717, 1.165) is 36.8 Å². The predicted molar refractivity (Wildman–Crippen MR) is 84.2 cm³/mol. The van der Waals surface area contributed by atoms with Crippen LogP contribution in [0.15, 0.2) is 24.3 Å². The van der Waals surface area contributed by atoms with E-state index < -0.39 is 10.0 Å². The van der Waals surface area contributed by atoms with E-state index >= 15 is 0 Å². The van der Waals surface area contributed by atoms with Gasteiger partial charge in [-0.3, -0.25) is 0 Å². The van der Waals surface area contributed by atoms with Gasteiger partial charge in [-0.1, -0.05) is 50.5 Å². The lowest BCUT2D eigenvalue weighted by Crippen LogP contribution is -2.41. The molecule has 0 aliphatic heterocycles. The molecule has 1 fully saturated rings. The van der Waals surface area contributed by atoms with E-state index in [4.69, 9.17) is 5.11 Å². The first-order valence-electron chi connectivity index (χ1n) is 7.75. The van der Waals surface area contributed by atoms with Crippen molar-refractivity contribution in [1.82, 2.24) is 4.31 Å². The maximum absolute atomic E-state index is 12.7. The van der Waals surface area contributed by atoms with Gasteiger partial charge in [0.15, 0.2) is 0 Å². The number of aliphatic hydroxyl groups is 1. The summed E-state index contributed by atoms with van der Waals surface area (Å²) in [6.45, 7) is 2.44. The second kappa shape index (κ2) is 7.38. The van der Waals surface area contributed by atoms with Crippen molar-refractivity contribution in [2.45, 2.75) is 57.4 Å². The summed E-state index contributed by atoms with van der Waals surface area (Å²) in [5.41, 5.74) is 1.58. The SMILES string of the molecule is CCN(C1CCCCC1)S(=O)(=O)Cc1ccc(CO)cc1. The van der Waals surface area contributed by atoms with Gasteiger partial charge in [0.05, 0.1) is 12.4 Å². The van der Waals surface area contributed by atoms with E-state index in [0.29, 0.717) is 6.54 Å². The third-order valence-electron chi connectivity index (χ3n) is 4.21. The molecule has 0 spiro atoms. The van der Waals surface area contributed by atoms with Gasteiger partial charge in [0, 0.05) is 12.6 Å². The Labute approximate surface area is 127 Å². The van der Waals surface area contributed by atoms with Crippen molar-refractivity contribution in [3.05, 3.63) is 35.4 Å². The van der Waals surface area contributed by atoms with Crippen molar-refractivity contribution in [2.24, 2.45) is 0 Å². The van der Waals surface area contributed by atoms with E-state index in [9.17, 15) is 8.42 Å². The second-order valence-corrected chi connectivity index (χ2v) is 7.65. The molecular weight excluding hydrogens is 286 g/mol. The Hall–Kier alpha value is -0.910. The van der Waals surface area contributed by atoms with E-state index in [1.165, 1.54) is 6.42 Å². The molecule has 0 aromatic heterocycles. The number of hydrogen-bond acceptors (Lipinski definition) is 3. The minimum atomic E-state index is -3.27. The lowest BCUT2D eigenvalue weighted by molar-refractivity contribution is 0.261. The van der Waals surface area contributed by atoms with E-state index in [1.54, 1.807) is 28.6 Å². The molecule has 2 rings (SSSR count). The van der Waals surface area contributed by atoms with Gasteiger partial charge in [-0.05, 0) is 24.0 Å². The first-order chi connectivity index (χ1) is 10.1. The van der Waals surface area contributed by atoms with Gasteiger partial charge in [-0.2, -0.15) is 4.31 Å². The second-order valence-electron chi connectivity index (χ2n) is 5.73. The quantitative estimate of drug-likeness (QED) is 0.878. The average Bonchev–Trinajstić information content (AvgIpc) is 2.49. The fourth-order valence-corrected chi connectivity index (χ4v) is 4.92. The fourth-order valence-electron chi connectivity index (χ4n) is 3.09. The summed E-state index contributed by atoms with van der Waals surface area (Å²) >= 11 is 0.